The molecule has 0 aliphatic rings. The van der Waals surface area contributed by atoms with Crippen molar-refractivity contribution in [3.05, 3.63) is 103 Å². The second kappa shape index (κ2) is 7.81. The van der Waals surface area contributed by atoms with E-state index in [4.69, 9.17) is 4.74 Å². The van der Waals surface area contributed by atoms with Gasteiger partial charge in [-0.1, -0.05) is 42.5 Å². The number of phenolic OH excluding ortho intramolecular Hbond substituents is 1. The van der Waals surface area contributed by atoms with Gasteiger partial charge in [0.1, 0.15) is 17.2 Å². The summed E-state index contributed by atoms with van der Waals surface area (Å²) in [6, 6.07) is 29.2. The molecule has 0 aromatic heterocycles. The lowest BCUT2D eigenvalue weighted by atomic mass is 10.1. The zero-order valence-corrected chi connectivity index (χ0v) is 16.2. The molecule has 0 radical (unpaired) electrons. The van der Waals surface area contributed by atoms with E-state index in [-0.39, 0.29) is 15.5 Å². The topological polar surface area (TPSA) is 63.6 Å². The maximum Gasteiger partial charge on any atom is 0.206 e. The average molecular weight is 402 g/mol. The summed E-state index contributed by atoms with van der Waals surface area (Å²) >= 11 is 0. The van der Waals surface area contributed by atoms with E-state index in [2.05, 4.69) is 0 Å². The first-order chi connectivity index (χ1) is 14.0. The summed E-state index contributed by atoms with van der Waals surface area (Å²) in [5.41, 5.74) is 1.69. The molecule has 4 aromatic rings. The van der Waals surface area contributed by atoms with Crippen LogP contribution in [0.25, 0.3) is 11.1 Å². The SMILES string of the molecule is O=S(=O)(c1ccccc1)c1cccc(-c2ccc(Oc3ccc(O)cc3)cc2)c1. The van der Waals surface area contributed by atoms with Gasteiger partial charge >= 0.3 is 0 Å². The second-order valence-electron chi connectivity index (χ2n) is 6.46. The fraction of sp³-hybridized carbons (Fsp3) is 0. The van der Waals surface area contributed by atoms with Crippen LogP contribution in [-0.4, -0.2) is 13.5 Å². The molecule has 0 aliphatic heterocycles. The van der Waals surface area contributed by atoms with Crippen LogP contribution in [0.4, 0.5) is 0 Å². The Morgan fingerprint density at radius 3 is 1.83 bits per heavy atom. The van der Waals surface area contributed by atoms with E-state index < -0.39 is 9.84 Å². The third-order valence-electron chi connectivity index (χ3n) is 4.46. The van der Waals surface area contributed by atoms with Crippen molar-refractivity contribution in [1.82, 2.24) is 0 Å². The van der Waals surface area contributed by atoms with E-state index in [0.29, 0.717) is 11.5 Å². The highest BCUT2D eigenvalue weighted by molar-refractivity contribution is 7.91. The fourth-order valence-corrected chi connectivity index (χ4v) is 4.27. The Balaban J connectivity index is 1.59. The highest BCUT2D eigenvalue weighted by Gasteiger charge is 2.17. The molecule has 0 atom stereocenters. The maximum absolute atomic E-state index is 12.9. The molecule has 1 N–H and O–H groups in total. The molecule has 5 heteroatoms. The summed E-state index contributed by atoms with van der Waals surface area (Å²) in [6.45, 7) is 0. The largest absolute Gasteiger partial charge is 0.508 e. The summed E-state index contributed by atoms with van der Waals surface area (Å²) in [5.74, 6) is 1.44. The number of aromatic hydroxyl groups is 1. The van der Waals surface area contributed by atoms with E-state index in [9.17, 15) is 13.5 Å². The van der Waals surface area contributed by atoms with Gasteiger partial charge in [0.05, 0.1) is 9.79 Å². The monoisotopic (exact) mass is 402 g/mol. The van der Waals surface area contributed by atoms with Crippen molar-refractivity contribution in [2.45, 2.75) is 9.79 Å². The number of benzene rings is 4. The highest BCUT2D eigenvalue weighted by atomic mass is 32.2. The predicted octanol–water partition coefficient (Wildman–Crippen LogP) is 5.68. The van der Waals surface area contributed by atoms with Crippen LogP contribution in [0.15, 0.2) is 113 Å². The Hall–Kier alpha value is -3.57. The molecule has 0 saturated carbocycles. The minimum atomic E-state index is -3.57. The first kappa shape index (κ1) is 18.8. The standard InChI is InChI=1S/C24H18O4S/c25-20-11-15-22(16-12-20)28-21-13-9-18(10-14-21)19-5-4-8-24(17-19)29(26,27)23-6-2-1-3-7-23/h1-17,25H. The average Bonchev–Trinajstić information content (AvgIpc) is 2.77. The van der Waals surface area contributed by atoms with E-state index >= 15 is 0 Å². The maximum atomic E-state index is 12.9. The smallest absolute Gasteiger partial charge is 0.206 e. The highest BCUT2D eigenvalue weighted by Crippen LogP contribution is 2.29. The fourth-order valence-electron chi connectivity index (χ4n) is 2.94. The number of ether oxygens (including phenoxy) is 1. The molecule has 0 amide bonds. The summed E-state index contributed by atoms with van der Waals surface area (Å²) in [6.07, 6.45) is 0. The van der Waals surface area contributed by atoms with E-state index in [0.717, 1.165) is 11.1 Å². The molecule has 0 unspecified atom stereocenters. The Kier molecular flexibility index (Phi) is 5.06. The lowest BCUT2D eigenvalue weighted by Gasteiger charge is -2.09. The van der Waals surface area contributed by atoms with E-state index in [1.54, 1.807) is 72.8 Å². The van der Waals surface area contributed by atoms with Gasteiger partial charge in [-0.15, -0.1) is 0 Å². The number of sulfone groups is 1. The van der Waals surface area contributed by atoms with Gasteiger partial charge in [-0.25, -0.2) is 8.42 Å². The third-order valence-corrected chi connectivity index (χ3v) is 6.23. The van der Waals surface area contributed by atoms with Gasteiger partial charge in [0.15, 0.2) is 0 Å². The van der Waals surface area contributed by atoms with Crippen molar-refractivity contribution in [3.63, 3.8) is 0 Å². The second-order valence-corrected chi connectivity index (χ2v) is 8.41. The van der Waals surface area contributed by atoms with Crippen LogP contribution in [-0.2, 0) is 9.84 Å². The van der Waals surface area contributed by atoms with E-state index in [1.807, 2.05) is 30.3 Å². The van der Waals surface area contributed by atoms with Crippen molar-refractivity contribution in [2.24, 2.45) is 0 Å². The van der Waals surface area contributed by atoms with Crippen LogP contribution in [0.5, 0.6) is 17.2 Å². The number of hydrogen-bond acceptors (Lipinski definition) is 4. The molecular weight excluding hydrogens is 384 g/mol. The van der Waals surface area contributed by atoms with Crippen molar-refractivity contribution >= 4 is 9.84 Å². The Morgan fingerprint density at radius 2 is 1.17 bits per heavy atom. The van der Waals surface area contributed by atoms with Gasteiger partial charge in [-0.05, 0) is 71.8 Å². The van der Waals surface area contributed by atoms with Gasteiger partial charge < -0.3 is 9.84 Å². The molecule has 4 aromatic carbocycles. The van der Waals surface area contributed by atoms with Gasteiger partial charge in [-0.3, -0.25) is 0 Å². The normalized spacial score (nSPS) is 11.2. The predicted molar refractivity (Wildman–Crippen MR) is 112 cm³/mol. The molecule has 4 nitrogen and oxygen atoms in total. The minimum absolute atomic E-state index is 0.179. The van der Waals surface area contributed by atoms with Crippen molar-refractivity contribution in [1.29, 1.82) is 0 Å². The first-order valence-electron chi connectivity index (χ1n) is 9.00. The zero-order chi connectivity index (χ0) is 20.3. The molecule has 0 fully saturated rings. The molecule has 144 valence electrons. The van der Waals surface area contributed by atoms with E-state index in [1.165, 1.54) is 0 Å². The van der Waals surface area contributed by atoms with Gasteiger partial charge in [0, 0.05) is 0 Å². The van der Waals surface area contributed by atoms with Crippen LogP contribution in [0.1, 0.15) is 0 Å². The summed E-state index contributed by atoms with van der Waals surface area (Å²) in [7, 11) is -3.57. The lowest BCUT2D eigenvalue weighted by Crippen LogP contribution is -2.01. The molecule has 0 spiro atoms. The quantitative estimate of drug-likeness (QED) is 0.466. The summed E-state index contributed by atoms with van der Waals surface area (Å²) in [5, 5.41) is 9.34. The molecule has 0 bridgehead atoms. The molecule has 4 rings (SSSR count). The Bertz CT molecular complexity index is 1210. The minimum Gasteiger partial charge on any atom is -0.508 e. The van der Waals surface area contributed by atoms with Crippen molar-refractivity contribution in [3.8, 4) is 28.4 Å². The first-order valence-corrected chi connectivity index (χ1v) is 10.5. The molecule has 0 heterocycles. The summed E-state index contributed by atoms with van der Waals surface area (Å²) < 4.78 is 31.5. The van der Waals surface area contributed by atoms with Gasteiger partial charge in [0.25, 0.3) is 0 Å². The molecule has 29 heavy (non-hydrogen) atoms. The van der Waals surface area contributed by atoms with Crippen LogP contribution in [0, 0.1) is 0 Å². The lowest BCUT2D eigenvalue weighted by molar-refractivity contribution is 0.464. The van der Waals surface area contributed by atoms with Crippen molar-refractivity contribution < 1.29 is 18.3 Å². The number of phenols is 1. The van der Waals surface area contributed by atoms with Crippen molar-refractivity contribution in [2.75, 3.05) is 0 Å². The number of hydrogen-bond donors (Lipinski definition) is 1. The number of rotatable bonds is 5. The van der Waals surface area contributed by atoms with Gasteiger partial charge in [-0.2, -0.15) is 0 Å². The Labute approximate surface area is 169 Å². The van der Waals surface area contributed by atoms with Crippen LogP contribution < -0.4 is 4.74 Å². The molecule has 0 aliphatic carbocycles. The Morgan fingerprint density at radius 1 is 0.586 bits per heavy atom. The van der Waals surface area contributed by atoms with Crippen LogP contribution in [0.3, 0.4) is 0 Å². The molecule has 0 saturated heterocycles. The zero-order valence-electron chi connectivity index (χ0n) is 15.4. The molecular formula is C24H18O4S. The van der Waals surface area contributed by atoms with Crippen LogP contribution in [0.2, 0.25) is 0 Å². The van der Waals surface area contributed by atoms with Crippen LogP contribution >= 0.6 is 0 Å². The third kappa shape index (κ3) is 4.15. The summed E-state index contributed by atoms with van der Waals surface area (Å²) in [4.78, 5) is 0.528. The van der Waals surface area contributed by atoms with Gasteiger partial charge in [0.2, 0.25) is 9.84 Å².